The third kappa shape index (κ3) is 11.8. The number of hydrogen-bond acceptors (Lipinski definition) is 5. The number of rotatable bonds is 12. The number of aryl methyl sites for hydroxylation is 2. The summed E-state index contributed by atoms with van der Waals surface area (Å²) in [6.07, 6.45) is 4.43. The van der Waals surface area contributed by atoms with Crippen molar-refractivity contribution in [2.45, 2.75) is 111 Å². The zero-order chi connectivity index (χ0) is 28.4. The van der Waals surface area contributed by atoms with Crippen molar-refractivity contribution in [1.82, 2.24) is 15.5 Å². The van der Waals surface area contributed by atoms with Gasteiger partial charge in [0.25, 0.3) is 0 Å². The third-order valence-electron chi connectivity index (χ3n) is 5.67. The molecule has 2 unspecified atom stereocenters. The summed E-state index contributed by atoms with van der Waals surface area (Å²) in [4.78, 5) is 42.4. The predicted octanol–water partition coefficient (Wildman–Crippen LogP) is 5.92. The fourth-order valence-corrected chi connectivity index (χ4v) is 4.46. The van der Waals surface area contributed by atoms with Crippen LogP contribution in [0.25, 0.3) is 0 Å². The Kier molecular flexibility index (Phi) is 13.0. The van der Waals surface area contributed by atoms with Gasteiger partial charge in [0.15, 0.2) is 0 Å². The Morgan fingerprint density at radius 3 is 2.24 bits per heavy atom. The number of carbonyl (C=O) groups is 3. The van der Waals surface area contributed by atoms with Crippen molar-refractivity contribution >= 4 is 29.7 Å². The summed E-state index contributed by atoms with van der Waals surface area (Å²) >= 11 is 1.60. The first-order chi connectivity index (χ1) is 17.1. The fraction of sp³-hybridized carbons (Fsp3) is 0.690. The van der Waals surface area contributed by atoms with Crippen LogP contribution in [0.15, 0.2) is 18.2 Å². The van der Waals surface area contributed by atoms with Crippen LogP contribution in [0.3, 0.4) is 0 Å². The molecule has 37 heavy (non-hydrogen) atoms. The molecule has 0 fully saturated rings. The molecule has 0 spiro atoms. The molecule has 3 amide bonds. The van der Waals surface area contributed by atoms with E-state index in [0.717, 1.165) is 36.0 Å². The molecule has 210 valence electrons. The van der Waals surface area contributed by atoms with Crippen LogP contribution in [0.1, 0.15) is 96.9 Å². The van der Waals surface area contributed by atoms with Gasteiger partial charge >= 0.3 is 6.09 Å². The zero-order valence-corrected chi connectivity index (χ0v) is 25.4. The summed E-state index contributed by atoms with van der Waals surface area (Å²) < 4.78 is 5.46. The minimum Gasteiger partial charge on any atom is -0.444 e. The van der Waals surface area contributed by atoms with Crippen molar-refractivity contribution in [3.63, 3.8) is 0 Å². The molecule has 0 heterocycles. The molecule has 8 heteroatoms. The molecule has 1 aromatic rings. The van der Waals surface area contributed by atoms with Gasteiger partial charge in [0.05, 0.1) is 0 Å². The van der Waals surface area contributed by atoms with Crippen LogP contribution < -0.4 is 10.6 Å². The number of amides is 3. The van der Waals surface area contributed by atoms with Gasteiger partial charge in [-0.3, -0.25) is 9.59 Å². The van der Waals surface area contributed by atoms with E-state index in [9.17, 15) is 14.4 Å². The number of alkyl carbamates (subject to hydrolysis) is 1. The molecule has 0 aliphatic rings. The van der Waals surface area contributed by atoms with E-state index in [1.165, 1.54) is 0 Å². The molecule has 7 nitrogen and oxygen atoms in total. The van der Waals surface area contributed by atoms with Crippen LogP contribution in [-0.4, -0.2) is 58.5 Å². The highest BCUT2D eigenvalue weighted by molar-refractivity contribution is 7.98. The number of carbonyl (C=O) groups excluding carboxylic acids is 3. The Morgan fingerprint density at radius 2 is 1.70 bits per heavy atom. The summed E-state index contributed by atoms with van der Waals surface area (Å²) in [5.74, 6) is 0.176. The number of thioether (sulfide) groups is 1. The van der Waals surface area contributed by atoms with E-state index in [2.05, 4.69) is 17.6 Å². The zero-order valence-electron chi connectivity index (χ0n) is 24.6. The van der Waals surface area contributed by atoms with Crippen LogP contribution in [-0.2, 0) is 14.3 Å². The first kappa shape index (κ1) is 32.8. The molecule has 0 aliphatic carbocycles. The first-order valence-electron chi connectivity index (χ1n) is 13.3. The van der Waals surface area contributed by atoms with E-state index in [-0.39, 0.29) is 11.8 Å². The van der Waals surface area contributed by atoms with Gasteiger partial charge in [0, 0.05) is 12.1 Å². The van der Waals surface area contributed by atoms with E-state index in [1.54, 1.807) is 37.4 Å². The molecule has 0 saturated heterocycles. The maximum absolute atomic E-state index is 14.2. The minimum absolute atomic E-state index is 0.230. The monoisotopic (exact) mass is 535 g/mol. The second kappa shape index (κ2) is 14.6. The van der Waals surface area contributed by atoms with E-state index < -0.39 is 29.3 Å². The lowest BCUT2D eigenvalue weighted by molar-refractivity contribution is -0.143. The van der Waals surface area contributed by atoms with Gasteiger partial charge < -0.3 is 20.3 Å². The Hall–Kier alpha value is -2.22. The first-order valence-corrected chi connectivity index (χ1v) is 14.7. The fourth-order valence-electron chi connectivity index (χ4n) is 3.98. The van der Waals surface area contributed by atoms with E-state index >= 15 is 0 Å². The van der Waals surface area contributed by atoms with E-state index in [1.807, 2.05) is 59.1 Å². The number of nitrogens with one attached hydrogen (secondary N) is 2. The summed E-state index contributed by atoms with van der Waals surface area (Å²) in [5, 5.41) is 5.90. The van der Waals surface area contributed by atoms with E-state index in [0.29, 0.717) is 18.7 Å². The topological polar surface area (TPSA) is 87.7 Å². The third-order valence-corrected chi connectivity index (χ3v) is 6.32. The lowest BCUT2D eigenvalue weighted by Gasteiger charge is -2.36. The standard InChI is InChI=1S/C29H49N3O4S/c1-11-12-13-17-32(26(34)23(16-18-37-10)30-27(35)36-29(7,8)9)24(25(33)31-28(4,5)6)22-19-20(2)14-15-21(22)3/h14-15,19,23-24H,11-13,16-18H2,1-10H3,(H,30,35)(H,31,33). The molecule has 0 aromatic heterocycles. The van der Waals surface area contributed by atoms with Gasteiger partial charge in [-0.15, -0.1) is 0 Å². The smallest absolute Gasteiger partial charge is 0.408 e. The molecule has 0 saturated carbocycles. The van der Waals surface area contributed by atoms with Crippen LogP contribution in [0, 0.1) is 13.8 Å². The molecular formula is C29H49N3O4S. The van der Waals surface area contributed by atoms with Crippen molar-refractivity contribution in [1.29, 1.82) is 0 Å². The number of benzene rings is 1. The molecule has 0 aliphatic heterocycles. The van der Waals surface area contributed by atoms with Crippen LogP contribution in [0.2, 0.25) is 0 Å². The average molecular weight is 536 g/mol. The summed E-state index contributed by atoms with van der Waals surface area (Å²) in [6.45, 7) is 17.6. The lowest BCUT2D eigenvalue weighted by Crippen LogP contribution is -2.55. The molecule has 1 rings (SSSR count). The van der Waals surface area contributed by atoms with Gasteiger partial charge in [0.1, 0.15) is 17.7 Å². The highest BCUT2D eigenvalue weighted by Crippen LogP contribution is 2.28. The largest absolute Gasteiger partial charge is 0.444 e. The number of nitrogens with zero attached hydrogens (tertiary/aromatic N) is 1. The molecule has 0 radical (unpaired) electrons. The Labute approximate surface area is 228 Å². The molecule has 2 N–H and O–H groups in total. The quantitative estimate of drug-likeness (QED) is 0.324. The van der Waals surface area contributed by atoms with Crippen molar-refractivity contribution < 1.29 is 19.1 Å². The Bertz CT molecular complexity index is 905. The average Bonchev–Trinajstić information content (AvgIpc) is 2.75. The summed E-state index contributed by atoms with van der Waals surface area (Å²) in [7, 11) is 0. The van der Waals surface area contributed by atoms with E-state index in [4.69, 9.17) is 4.74 Å². The van der Waals surface area contributed by atoms with Crippen molar-refractivity contribution in [2.75, 3.05) is 18.6 Å². The van der Waals surface area contributed by atoms with Crippen LogP contribution in [0.4, 0.5) is 4.79 Å². The van der Waals surface area contributed by atoms with Gasteiger partial charge in [-0.2, -0.15) is 11.8 Å². The SMILES string of the molecule is CCCCCN(C(=O)C(CCSC)NC(=O)OC(C)(C)C)C(C(=O)NC(C)(C)C)c1cc(C)ccc1C. The second-order valence-electron chi connectivity index (χ2n) is 11.7. The molecule has 0 bridgehead atoms. The van der Waals surface area contributed by atoms with Crippen molar-refractivity contribution in [2.24, 2.45) is 0 Å². The maximum Gasteiger partial charge on any atom is 0.408 e. The van der Waals surface area contributed by atoms with Gasteiger partial charge in [-0.05, 0) is 91.4 Å². The minimum atomic E-state index is -0.819. The van der Waals surface area contributed by atoms with Crippen LogP contribution in [0.5, 0.6) is 0 Å². The van der Waals surface area contributed by atoms with Crippen molar-refractivity contribution in [3.8, 4) is 0 Å². The highest BCUT2D eigenvalue weighted by atomic mass is 32.2. The lowest BCUT2D eigenvalue weighted by atomic mass is 9.94. The Morgan fingerprint density at radius 1 is 1.05 bits per heavy atom. The van der Waals surface area contributed by atoms with Gasteiger partial charge in [0.2, 0.25) is 11.8 Å². The van der Waals surface area contributed by atoms with Gasteiger partial charge in [-0.1, -0.05) is 43.5 Å². The normalized spacial score (nSPS) is 13.5. The summed E-state index contributed by atoms with van der Waals surface area (Å²) in [5.41, 5.74) is 1.59. The number of hydrogen-bond donors (Lipinski definition) is 2. The molecule has 2 atom stereocenters. The predicted molar refractivity (Wildman–Crippen MR) is 154 cm³/mol. The number of unbranched alkanes of at least 4 members (excludes halogenated alkanes) is 2. The highest BCUT2D eigenvalue weighted by Gasteiger charge is 2.37. The molecular weight excluding hydrogens is 486 g/mol. The molecule has 1 aromatic carbocycles. The van der Waals surface area contributed by atoms with Crippen LogP contribution >= 0.6 is 11.8 Å². The second-order valence-corrected chi connectivity index (χ2v) is 12.7. The van der Waals surface area contributed by atoms with Crippen molar-refractivity contribution in [3.05, 3.63) is 34.9 Å². The maximum atomic E-state index is 14.2. The van der Waals surface area contributed by atoms with Gasteiger partial charge in [-0.25, -0.2) is 4.79 Å². The summed E-state index contributed by atoms with van der Waals surface area (Å²) in [6, 6.07) is 4.35. The Balaban J connectivity index is 3.58. The number of ether oxygens (including phenoxy) is 1.